The van der Waals surface area contributed by atoms with E-state index in [1.54, 1.807) is 18.2 Å². The van der Waals surface area contributed by atoms with Crippen LogP contribution in [0.5, 0.6) is 0 Å². The normalized spacial score (nSPS) is 22.4. The maximum atomic E-state index is 13.0. The fourth-order valence-electron chi connectivity index (χ4n) is 3.67. The third-order valence-corrected chi connectivity index (χ3v) is 5.54. The van der Waals surface area contributed by atoms with Crippen LogP contribution < -0.4 is 0 Å². The van der Waals surface area contributed by atoms with Gasteiger partial charge in [-0.2, -0.15) is 0 Å². The first-order chi connectivity index (χ1) is 13.5. The van der Waals surface area contributed by atoms with Gasteiger partial charge >= 0.3 is 0 Å². The second kappa shape index (κ2) is 7.62. The van der Waals surface area contributed by atoms with Gasteiger partial charge in [-0.05, 0) is 42.7 Å². The molecule has 6 nitrogen and oxygen atoms in total. The molecule has 0 unspecified atom stereocenters. The van der Waals surface area contributed by atoms with Crippen molar-refractivity contribution in [1.29, 1.82) is 0 Å². The maximum absolute atomic E-state index is 13.0. The van der Waals surface area contributed by atoms with Gasteiger partial charge in [-0.1, -0.05) is 29.3 Å². The first-order valence-electron chi connectivity index (χ1n) is 8.86. The summed E-state index contributed by atoms with van der Waals surface area (Å²) >= 11 is 12.4. The summed E-state index contributed by atoms with van der Waals surface area (Å²) in [6, 6.07) is 7.00. The number of rotatable bonds is 5. The van der Waals surface area contributed by atoms with E-state index in [0.717, 1.165) is 12.8 Å². The van der Waals surface area contributed by atoms with E-state index < -0.39 is 23.5 Å². The van der Waals surface area contributed by atoms with Crippen molar-refractivity contribution in [2.24, 2.45) is 0 Å². The molecule has 3 heterocycles. The summed E-state index contributed by atoms with van der Waals surface area (Å²) < 4.78 is 10.8. The summed E-state index contributed by atoms with van der Waals surface area (Å²) in [5.41, 5.74) is 0.429. The lowest BCUT2D eigenvalue weighted by molar-refractivity contribution is -0.131. The van der Waals surface area contributed by atoms with Crippen molar-refractivity contribution in [3.05, 3.63) is 69.3 Å². The number of halogens is 2. The van der Waals surface area contributed by atoms with Crippen molar-refractivity contribution in [2.45, 2.75) is 25.0 Å². The van der Waals surface area contributed by atoms with E-state index in [1.165, 1.54) is 23.3 Å². The number of benzene rings is 1. The van der Waals surface area contributed by atoms with Crippen molar-refractivity contribution >= 4 is 34.9 Å². The number of furan rings is 1. The first kappa shape index (κ1) is 19.1. The zero-order valence-corrected chi connectivity index (χ0v) is 16.2. The van der Waals surface area contributed by atoms with Gasteiger partial charge in [0.15, 0.2) is 11.5 Å². The van der Waals surface area contributed by atoms with Gasteiger partial charge in [-0.15, -0.1) is 0 Å². The quantitative estimate of drug-likeness (QED) is 0.725. The minimum atomic E-state index is -0.862. The van der Waals surface area contributed by atoms with E-state index in [9.17, 15) is 14.7 Å². The number of ether oxygens (including phenoxy) is 1. The van der Waals surface area contributed by atoms with E-state index in [-0.39, 0.29) is 24.0 Å². The molecule has 1 N–H and O–H groups in total. The third-order valence-electron chi connectivity index (χ3n) is 4.97. The summed E-state index contributed by atoms with van der Waals surface area (Å²) in [6.45, 7) is 0.859. The largest absolute Gasteiger partial charge is 0.503 e. The topological polar surface area (TPSA) is 80.0 Å². The van der Waals surface area contributed by atoms with Crippen LogP contribution in [-0.2, 0) is 9.53 Å². The zero-order chi connectivity index (χ0) is 19.8. The molecule has 2 atom stereocenters. The second-order valence-electron chi connectivity index (χ2n) is 6.73. The van der Waals surface area contributed by atoms with Gasteiger partial charge in [0.25, 0.3) is 5.91 Å². The molecular formula is C20H17Cl2NO5. The van der Waals surface area contributed by atoms with Crippen molar-refractivity contribution in [2.75, 3.05) is 13.2 Å². The van der Waals surface area contributed by atoms with Crippen LogP contribution in [0.1, 0.15) is 35.0 Å². The van der Waals surface area contributed by atoms with Crippen LogP contribution in [0, 0.1) is 0 Å². The van der Waals surface area contributed by atoms with E-state index in [0.29, 0.717) is 22.2 Å². The van der Waals surface area contributed by atoms with Crippen LogP contribution in [0.4, 0.5) is 0 Å². The SMILES string of the molecule is O=C(C1=C(O)C(=O)N(C[C@@H]2CCCO2)[C@H]1c1ccc(Cl)cc1Cl)c1ccco1. The highest BCUT2D eigenvalue weighted by molar-refractivity contribution is 6.35. The summed E-state index contributed by atoms with van der Waals surface area (Å²) in [4.78, 5) is 27.3. The Morgan fingerprint density at radius 2 is 2.11 bits per heavy atom. The van der Waals surface area contributed by atoms with Gasteiger partial charge in [0.2, 0.25) is 5.78 Å². The van der Waals surface area contributed by atoms with E-state index in [2.05, 4.69) is 0 Å². The van der Waals surface area contributed by atoms with Gasteiger partial charge in [0, 0.05) is 23.2 Å². The molecule has 8 heteroatoms. The number of aliphatic hydroxyl groups is 1. The maximum Gasteiger partial charge on any atom is 0.290 e. The second-order valence-corrected chi connectivity index (χ2v) is 7.57. The number of Topliss-reactive ketones (excluding diaryl/α,β-unsaturated/α-hetero) is 1. The summed E-state index contributed by atoms with van der Waals surface area (Å²) in [5, 5.41) is 11.3. The highest BCUT2D eigenvalue weighted by Gasteiger charge is 2.46. The molecule has 0 bridgehead atoms. The average molecular weight is 422 g/mol. The predicted molar refractivity (Wildman–Crippen MR) is 103 cm³/mol. The Kier molecular flexibility index (Phi) is 5.19. The van der Waals surface area contributed by atoms with Gasteiger partial charge in [-0.25, -0.2) is 0 Å². The molecule has 28 heavy (non-hydrogen) atoms. The van der Waals surface area contributed by atoms with Crippen molar-refractivity contribution in [3.8, 4) is 0 Å². The molecule has 146 valence electrons. The highest BCUT2D eigenvalue weighted by atomic mass is 35.5. The Labute approximate surface area is 171 Å². The van der Waals surface area contributed by atoms with E-state index in [4.69, 9.17) is 32.4 Å². The molecule has 1 fully saturated rings. The van der Waals surface area contributed by atoms with Gasteiger partial charge < -0.3 is 19.2 Å². The molecule has 0 saturated carbocycles. The zero-order valence-electron chi connectivity index (χ0n) is 14.7. The third kappa shape index (κ3) is 3.32. The van der Waals surface area contributed by atoms with Crippen molar-refractivity contribution in [3.63, 3.8) is 0 Å². The Morgan fingerprint density at radius 1 is 1.29 bits per heavy atom. The lowest BCUT2D eigenvalue weighted by atomic mass is 9.95. The molecule has 0 spiro atoms. The number of nitrogens with zero attached hydrogens (tertiary/aromatic N) is 1. The van der Waals surface area contributed by atoms with Crippen LogP contribution in [0.15, 0.2) is 52.3 Å². The van der Waals surface area contributed by atoms with Crippen LogP contribution in [0.25, 0.3) is 0 Å². The minimum absolute atomic E-state index is 0.0309. The molecule has 2 aliphatic rings. The number of carbonyl (C=O) groups excluding carboxylic acids is 2. The van der Waals surface area contributed by atoms with Gasteiger partial charge in [0.05, 0.1) is 24.0 Å². The monoisotopic (exact) mass is 421 g/mol. The van der Waals surface area contributed by atoms with E-state index in [1.807, 2.05) is 0 Å². The van der Waals surface area contributed by atoms with Gasteiger partial charge in [-0.3, -0.25) is 9.59 Å². The molecule has 4 rings (SSSR count). The van der Waals surface area contributed by atoms with Crippen LogP contribution in [-0.4, -0.2) is 41.0 Å². The minimum Gasteiger partial charge on any atom is -0.503 e. The molecule has 0 radical (unpaired) electrons. The van der Waals surface area contributed by atoms with Crippen LogP contribution >= 0.6 is 23.2 Å². The summed E-state index contributed by atoms with van der Waals surface area (Å²) in [7, 11) is 0. The van der Waals surface area contributed by atoms with Crippen LogP contribution in [0.2, 0.25) is 10.0 Å². The average Bonchev–Trinajstić information content (AvgIpc) is 3.40. The Bertz CT molecular complexity index is 948. The smallest absolute Gasteiger partial charge is 0.290 e. The first-order valence-corrected chi connectivity index (χ1v) is 9.62. The number of ketones is 1. The molecule has 1 aromatic heterocycles. The predicted octanol–water partition coefficient (Wildman–Crippen LogP) is 4.34. The fraction of sp³-hybridized carbons (Fsp3) is 0.300. The van der Waals surface area contributed by atoms with Crippen molar-refractivity contribution < 1.29 is 23.8 Å². The highest BCUT2D eigenvalue weighted by Crippen LogP contribution is 2.42. The Morgan fingerprint density at radius 3 is 2.75 bits per heavy atom. The molecular weight excluding hydrogens is 405 g/mol. The number of amides is 1. The molecule has 1 aromatic carbocycles. The lowest BCUT2D eigenvalue weighted by Crippen LogP contribution is -2.37. The number of hydrogen-bond donors (Lipinski definition) is 1. The molecule has 1 amide bonds. The number of carbonyl (C=O) groups is 2. The van der Waals surface area contributed by atoms with Crippen LogP contribution in [0.3, 0.4) is 0 Å². The summed E-state index contributed by atoms with van der Waals surface area (Å²) in [5.74, 6) is -1.78. The summed E-state index contributed by atoms with van der Waals surface area (Å²) in [6.07, 6.45) is 2.89. The van der Waals surface area contributed by atoms with Gasteiger partial charge in [0.1, 0.15) is 0 Å². The number of hydrogen-bond acceptors (Lipinski definition) is 5. The molecule has 1 saturated heterocycles. The lowest BCUT2D eigenvalue weighted by Gasteiger charge is -2.29. The Balaban J connectivity index is 1.79. The molecule has 0 aliphatic carbocycles. The Hall–Kier alpha value is -2.28. The number of aliphatic hydroxyl groups excluding tert-OH is 1. The fourth-order valence-corrected chi connectivity index (χ4v) is 4.18. The standard InChI is InChI=1S/C20H17Cl2NO5/c21-11-5-6-13(14(22)9-11)17-16(18(24)15-4-2-8-28-15)19(25)20(26)23(17)10-12-3-1-7-27-12/h2,4-6,8-9,12,17,25H,1,3,7,10H2/t12-,17-/m0/s1. The molecule has 2 aliphatic heterocycles. The van der Waals surface area contributed by atoms with E-state index >= 15 is 0 Å². The molecule has 2 aromatic rings. The van der Waals surface area contributed by atoms with Crippen molar-refractivity contribution in [1.82, 2.24) is 4.90 Å².